The Balaban J connectivity index is 1.73. The lowest BCUT2D eigenvalue weighted by atomic mass is 9.63. The molecule has 0 bridgehead atoms. The molecule has 1 atom stereocenters. The Morgan fingerprint density at radius 2 is 2.04 bits per heavy atom. The van der Waals surface area contributed by atoms with Crippen molar-refractivity contribution in [2.45, 2.75) is 64.3 Å². The second-order valence-corrected chi connectivity index (χ2v) is 8.14. The number of pyridine rings is 1. The molecule has 0 aromatic carbocycles. The Kier molecular flexibility index (Phi) is 4.33. The number of nitriles is 1. The maximum atomic E-state index is 12.6. The minimum absolute atomic E-state index is 0.205. The maximum absolute atomic E-state index is 12.6. The van der Waals surface area contributed by atoms with Gasteiger partial charge in [-0.2, -0.15) is 5.26 Å². The van der Waals surface area contributed by atoms with Gasteiger partial charge in [-0.05, 0) is 37.5 Å². The van der Waals surface area contributed by atoms with Gasteiger partial charge in [-0.3, -0.25) is 4.79 Å². The number of fused-ring (bicyclic) bond motifs is 1. The van der Waals surface area contributed by atoms with Crippen molar-refractivity contribution in [2.24, 2.45) is 5.41 Å². The molecule has 0 radical (unpaired) electrons. The topological polar surface area (TPSA) is 71.9 Å². The van der Waals surface area contributed by atoms with Crippen LogP contribution >= 0.6 is 0 Å². The zero-order chi connectivity index (χ0) is 17.4. The molecule has 5 heteroatoms. The monoisotopic (exact) mass is 340 g/mol. The van der Waals surface area contributed by atoms with E-state index < -0.39 is 0 Å². The molecule has 2 aliphatic heterocycles. The lowest BCUT2D eigenvalue weighted by Crippen LogP contribution is -2.45. The van der Waals surface area contributed by atoms with E-state index in [1.807, 2.05) is 0 Å². The molecular formula is C20H28N4O. The molecule has 134 valence electrons. The zero-order valence-electron chi connectivity index (χ0n) is 15.2. The highest BCUT2D eigenvalue weighted by molar-refractivity contribution is 5.66. The van der Waals surface area contributed by atoms with Gasteiger partial charge in [0, 0.05) is 43.4 Å². The summed E-state index contributed by atoms with van der Waals surface area (Å²) < 4.78 is 0. The summed E-state index contributed by atoms with van der Waals surface area (Å²) in [5.74, 6) is 0.343. The van der Waals surface area contributed by atoms with Crippen molar-refractivity contribution < 1.29 is 0 Å². The van der Waals surface area contributed by atoms with E-state index in [9.17, 15) is 10.1 Å². The minimum Gasteiger partial charge on any atom is -0.370 e. The van der Waals surface area contributed by atoms with Crippen LogP contribution in [0.25, 0.3) is 0 Å². The minimum atomic E-state index is -0.205. The van der Waals surface area contributed by atoms with Crippen LogP contribution in [0.15, 0.2) is 4.79 Å². The second-order valence-electron chi connectivity index (χ2n) is 8.14. The third-order valence-corrected chi connectivity index (χ3v) is 6.73. The molecule has 1 spiro atoms. The van der Waals surface area contributed by atoms with Gasteiger partial charge >= 0.3 is 0 Å². The number of piperidine rings is 1. The SMILES string of the molecule is CCCC1CNCc2c1[nH]c(=O)c(C#N)c2N1CCC2(CCC2)CC1. The highest BCUT2D eigenvalue weighted by Crippen LogP contribution is 2.49. The Morgan fingerprint density at radius 3 is 2.64 bits per heavy atom. The van der Waals surface area contributed by atoms with Gasteiger partial charge < -0.3 is 15.2 Å². The van der Waals surface area contributed by atoms with Crippen molar-refractivity contribution in [3.05, 3.63) is 27.2 Å². The lowest BCUT2D eigenvalue weighted by molar-refractivity contribution is 0.0954. The average molecular weight is 340 g/mol. The van der Waals surface area contributed by atoms with Crippen LogP contribution < -0.4 is 15.8 Å². The number of aromatic amines is 1. The summed E-state index contributed by atoms with van der Waals surface area (Å²) >= 11 is 0. The molecule has 25 heavy (non-hydrogen) atoms. The van der Waals surface area contributed by atoms with Crippen LogP contribution in [-0.4, -0.2) is 24.6 Å². The van der Waals surface area contributed by atoms with E-state index in [1.54, 1.807) is 0 Å². The fraction of sp³-hybridized carbons (Fsp3) is 0.700. The van der Waals surface area contributed by atoms with Crippen LogP contribution in [0.3, 0.4) is 0 Å². The van der Waals surface area contributed by atoms with Gasteiger partial charge in [-0.25, -0.2) is 0 Å². The molecule has 2 N–H and O–H groups in total. The fourth-order valence-corrected chi connectivity index (χ4v) is 5.08. The third kappa shape index (κ3) is 2.77. The summed E-state index contributed by atoms with van der Waals surface area (Å²) in [4.78, 5) is 18.0. The summed E-state index contributed by atoms with van der Waals surface area (Å²) in [6.07, 6.45) is 8.64. The highest BCUT2D eigenvalue weighted by Gasteiger charge is 2.40. The van der Waals surface area contributed by atoms with Crippen molar-refractivity contribution in [1.82, 2.24) is 10.3 Å². The first kappa shape index (κ1) is 16.7. The first-order chi connectivity index (χ1) is 12.2. The summed E-state index contributed by atoms with van der Waals surface area (Å²) in [5, 5.41) is 13.2. The van der Waals surface area contributed by atoms with Crippen LogP contribution in [0.1, 0.15) is 74.6 Å². The van der Waals surface area contributed by atoms with E-state index in [0.717, 1.165) is 56.0 Å². The van der Waals surface area contributed by atoms with Crippen LogP contribution in [0.4, 0.5) is 5.69 Å². The number of hydrogen-bond donors (Lipinski definition) is 2. The molecule has 1 saturated carbocycles. The van der Waals surface area contributed by atoms with E-state index in [1.165, 1.54) is 32.1 Å². The first-order valence-electron chi connectivity index (χ1n) is 9.82. The average Bonchev–Trinajstić information content (AvgIpc) is 2.60. The molecular weight excluding hydrogens is 312 g/mol. The summed E-state index contributed by atoms with van der Waals surface area (Å²) in [6.45, 7) is 5.79. The number of nitrogens with one attached hydrogen (secondary N) is 2. The number of H-pyrrole nitrogens is 1. The van der Waals surface area contributed by atoms with E-state index >= 15 is 0 Å². The molecule has 5 nitrogen and oxygen atoms in total. The summed E-state index contributed by atoms with van der Waals surface area (Å²) in [7, 11) is 0. The maximum Gasteiger partial charge on any atom is 0.268 e. The van der Waals surface area contributed by atoms with Crippen LogP contribution in [-0.2, 0) is 6.54 Å². The van der Waals surface area contributed by atoms with Gasteiger partial charge in [0.15, 0.2) is 0 Å². The third-order valence-electron chi connectivity index (χ3n) is 6.73. The van der Waals surface area contributed by atoms with E-state index in [4.69, 9.17) is 0 Å². The van der Waals surface area contributed by atoms with Crippen molar-refractivity contribution in [3.63, 3.8) is 0 Å². The Hall–Kier alpha value is -1.80. The van der Waals surface area contributed by atoms with Gasteiger partial charge in [0.05, 0.1) is 5.69 Å². The molecule has 0 amide bonds. The molecule has 3 heterocycles. The van der Waals surface area contributed by atoms with Crippen molar-refractivity contribution in [3.8, 4) is 6.07 Å². The van der Waals surface area contributed by atoms with Gasteiger partial charge in [0.1, 0.15) is 11.6 Å². The fourth-order valence-electron chi connectivity index (χ4n) is 5.08. The standard InChI is InChI=1S/C20H28N4O/c1-2-4-14-12-22-13-16-17(14)23-19(25)15(11-21)18(16)24-9-7-20(8-10-24)5-3-6-20/h14,22H,2-10,12-13H2,1H3,(H,23,25). The largest absolute Gasteiger partial charge is 0.370 e. The Labute approximate surface area is 149 Å². The predicted octanol–water partition coefficient (Wildman–Crippen LogP) is 3.00. The zero-order valence-corrected chi connectivity index (χ0v) is 15.2. The van der Waals surface area contributed by atoms with Crippen LogP contribution in [0, 0.1) is 16.7 Å². The lowest BCUT2D eigenvalue weighted by Gasteiger charge is -2.49. The smallest absolute Gasteiger partial charge is 0.268 e. The van der Waals surface area contributed by atoms with Crippen LogP contribution in [0.2, 0.25) is 0 Å². The predicted molar refractivity (Wildman–Crippen MR) is 98.9 cm³/mol. The quantitative estimate of drug-likeness (QED) is 0.887. The van der Waals surface area contributed by atoms with Gasteiger partial charge in [0.25, 0.3) is 5.56 Å². The molecule has 3 aliphatic rings. The molecule has 1 saturated heterocycles. The van der Waals surface area contributed by atoms with Crippen molar-refractivity contribution >= 4 is 5.69 Å². The molecule has 2 fully saturated rings. The molecule has 1 aromatic heterocycles. The number of rotatable bonds is 3. The second kappa shape index (κ2) is 6.49. The van der Waals surface area contributed by atoms with Gasteiger partial charge in [-0.1, -0.05) is 19.8 Å². The van der Waals surface area contributed by atoms with E-state index in [0.29, 0.717) is 16.9 Å². The van der Waals surface area contributed by atoms with Crippen molar-refractivity contribution in [2.75, 3.05) is 24.5 Å². The first-order valence-corrected chi connectivity index (χ1v) is 9.82. The molecule has 1 aliphatic carbocycles. The number of nitrogens with zero attached hydrogens (tertiary/aromatic N) is 2. The number of anilines is 1. The van der Waals surface area contributed by atoms with Crippen molar-refractivity contribution in [1.29, 1.82) is 5.26 Å². The normalized spacial score (nSPS) is 24.5. The molecule has 1 unspecified atom stereocenters. The number of hydrogen-bond acceptors (Lipinski definition) is 4. The molecule has 1 aromatic rings. The van der Waals surface area contributed by atoms with E-state index in [-0.39, 0.29) is 5.56 Å². The number of aromatic nitrogens is 1. The van der Waals surface area contributed by atoms with Crippen LogP contribution in [0.5, 0.6) is 0 Å². The highest BCUT2D eigenvalue weighted by atomic mass is 16.1. The Morgan fingerprint density at radius 1 is 1.28 bits per heavy atom. The van der Waals surface area contributed by atoms with E-state index in [2.05, 4.69) is 28.2 Å². The molecule has 4 rings (SSSR count). The summed E-state index contributed by atoms with van der Waals surface area (Å²) in [6, 6.07) is 2.19. The van der Waals surface area contributed by atoms with Gasteiger partial charge in [0.2, 0.25) is 0 Å². The summed E-state index contributed by atoms with van der Waals surface area (Å²) in [5.41, 5.74) is 3.82. The Bertz CT molecular complexity index is 746. The van der Waals surface area contributed by atoms with Gasteiger partial charge in [-0.15, -0.1) is 0 Å².